The Labute approximate surface area is 113 Å². The number of hydrazine groups is 1. The molecule has 2 rings (SSSR count). The van der Waals surface area contributed by atoms with E-state index < -0.39 is 0 Å². The molecule has 0 spiro atoms. The Kier molecular flexibility index (Phi) is 4.30. The highest BCUT2D eigenvalue weighted by Gasteiger charge is 2.16. The molecule has 1 atom stereocenters. The topological polar surface area (TPSA) is 38.0 Å². The van der Waals surface area contributed by atoms with Crippen molar-refractivity contribution in [2.24, 2.45) is 5.84 Å². The maximum Gasteiger partial charge on any atom is 0.128 e. The quantitative estimate of drug-likeness (QED) is 0.653. The number of nitrogens with one attached hydrogen (secondary N) is 1. The maximum absolute atomic E-state index is 13.8. The van der Waals surface area contributed by atoms with E-state index in [4.69, 9.17) is 5.84 Å². The lowest BCUT2D eigenvalue weighted by atomic mass is 9.93. The monoisotopic (exact) mass is 258 g/mol. The summed E-state index contributed by atoms with van der Waals surface area (Å²) < 4.78 is 13.8. The normalized spacial score (nSPS) is 12.4. The van der Waals surface area contributed by atoms with Gasteiger partial charge in [0.2, 0.25) is 0 Å². The van der Waals surface area contributed by atoms with Gasteiger partial charge in [0.25, 0.3) is 0 Å². The molecule has 0 aliphatic heterocycles. The molecule has 2 aromatic rings. The SMILES string of the molecule is Cc1cccc(C)c1CC(NN)c1ccccc1F. The molecule has 19 heavy (non-hydrogen) atoms. The number of halogens is 1. The number of aryl methyl sites for hydroxylation is 2. The summed E-state index contributed by atoms with van der Waals surface area (Å²) >= 11 is 0. The molecular formula is C16H19FN2. The van der Waals surface area contributed by atoms with E-state index in [0.717, 1.165) is 0 Å². The molecule has 0 aliphatic rings. The Morgan fingerprint density at radius 3 is 2.26 bits per heavy atom. The molecule has 3 heteroatoms. The summed E-state index contributed by atoms with van der Waals surface area (Å²) in [5.74, 6) is 5.38. The smallest absolute Gasteiger partial charge is 0.128 e. The van der Waals surface area contributed by atoms with Crippen LogP contribution in [0.4, 0.5) is 4.39 Å². The van der Waals surface area contributed by atoms with Crippen LogP contribution >= 0.6 is 0 Å². The van der Waals surface area contributed by atoms with Crippen LogP contribution in [0.1, 0.15) is 28.3 Å². The molecule has 100 valence electrons. The molecule has 2 nitrogen and oxygen atoms in total. The van der Waals surface area contributed by atoms with E-state index in [0.29, 0.717) is 12.0 Å². The van der Waals surface area contributed by atoms with Gasteiger partial charge in [-0.2, -0.15) is 0 Å². The van der Waals surface area contributed by atoms with E-state index in [1.54, 1.807) is 12.1 Å². The van der Waals surface area contributed by atoms with E-state index in [9.17, 15) is 4.39 Å². The molecule has 0 radical (unpaired) electrons. The van der Waals surface area contributed by atoms with Crippen LogP contribution in [0.2, 0.25) is 0 Å². The first kappa shape index (κ1) is 13.7. The number of rotatable bonds is 4. The van der Waals surface area contributed by atoms with Crippen LogP contribution in [0.5, 0.6) is 0 Å². The van der Waals surface area contributed by atoms with E-state index in [2.05, 4.69) is 31.4 Å². The Balaban J connectivity index is 2.32. The molecular weight excluding hydrogens is 239 g/mol. The third kappa shape index (κ3) is 3.00. The maximum atomic E-state index is 13.8. The van der Waals surface area contributed by atoms with Crippen molar-refractivity contribution in [1.82, 2.24) is 5.43 Å². The lowest BCUT2D eigenvalue weighted by Crippen LogP contribution is -2.30. The fraction of sp³-hybridized carbons (Fsp3) is 0.250. The van der Waals surface area contributed by atoms with Crippen LogP contribution in [-0.4, -0.2) is 0 Å². The molecule has 0 saturated carbocycles. The van der Waals surface area contributed by atoms with Crippen molar-refractivity contribution in [2.45, 2.75) is 26.3 Å². The second kappa shape index (κ2) is 5.95. The average Bonchev–Trinajstić information content (AvgIpc) is 2.40. The van der Waals surface area contributed by atoms with Crippen LogP contribution < -0.4 is 11.3 Å². The summed E-state index contributed by atoms with van der Waals surface area (Å²) in [5, 5.41) is 0. The highest BCUT2D eigenvalue weighted by molar-refractivity contribution is 5.35. The first-order chi connectivity index (χ1) is 9.13. The van der Waals surface area contributed by atoms with Crippen molar-refractivity contribution in [2.75, 3.05) is 0 Å². The van der Waals surface area contributed by atoms with Gasteiger partial charge in [-0.05, 0) is 43.0 Å². The number of nitrogens with two attached hydrogens (primary N) is 1. The third-order valence-corrected chi connectivity index (χ3v) is 3.53. The Bertz CT molecular complexity index is 546. The second-order valence-electron chi connectivity index (χ2n) is 4.82. The minimum Gasteiger partial charge on any atom is -0.271 e. The summed E-state index contributed by atoms with van der Waals surface area (Å²) in [5.41, 5.74) is 6.95. The highest BCUT2D eigenvalue weighted by Crippen LogP contribution is 2.24. The van der Waals surface area contributed by atoms with Gasteiger partial charge in [-0.15, -0.1) is 0 Å². The zero-order valence-electron chi connectivity index (χ0n) is 11.3. The molecule has 1 unspecified atom stereocenters. The zero-order chi connectivity index (χ0) is 13.8. The Morgan fingerprint density at radius 2 is 1.68 bits per heavy atom. The average molecular weight is 258 g/mol. The summed E-state index contributed by atoms with van der Waals surface area (Å²) in [7, 11) is 0. The van der Waals surface area contributed by atoms with Gasteiger partial charge in [0.1, 0.15) is 5.82 Å². The van der Waals surface area contributed by atoms with Gasteiger partial charge >= 0.3 is 0 Å². The molecule has 0 bridgehead atoms. The Hall–Kier alpha value is -1.71. The lowest BCUT2D eigenvalue weighted by Gasteiger charge is -2.19. The van der Waals surface area contributed by atoms with Gasteiger partial charge in [-0.25, -0.2) is 4.39 Å². The fourth-order valence-corrected chi connectivity index (χ4v) is 2.39. The van der Waals surface area contributed by atoms with E-state index in [-0.39, 0.29) is 11.9 Å². The highest BCUT2D eigenvalue weighted by atomic mass is 19.1. The molecule has 0 aromatic heterocycles. The van der Waals surface area contributed by atoms with Crippen LogP contribution in [0, 0.1) is 19.7 Å². The summed E-state index contributed by atoms with van der Waals surface area (Å²) in [6.07, 6.45) is 0.677. The van der Waals surface area contributed by atoms with Crippen LogP contribution in [0.25, 0.3) is 0 Å². The van der Waals surface area contributed by atoms with Gasteiger partial charge in [-0.3, -0.25) is 11.3 Å². The Morgan fingerprint density at radius 1 is 1.05 bits per heavy atom. The molecule has 0 aliphatic carbocycles. The summed E-state index contributed by atoms with van der Waals surface area (Å²) in [4.78, 5) is 0. The van der Waals surface area contributed by atoms with E-state index in [1.807, 2.05) is 12.1 Å². The zero-order valence-corrected chi connectivity index (χ0v) is 11.3. The van der Waals surface area contributed by atoms with Gasteiger partial charge in [0, 0.05) is 5.56 Å². The molecule has 0 fully saturated rings. The van der Waals surface area contributed by atoms with Gasteiger partial charge in [-0.1, -0.05) is 36.4 Å². The van der Waals surface area contributed by atoms with E-state index in [1.165, 1.54) is 22.8 Å². The number of benzene rings is 2. The molecule has 0 amide bonds. The van der Waals surface area contributed by atoms with Crippen LogP contribution in [0.15, 0.2) is 42.5 Å². The van der Waals surface area contributed by atoms with Crippen molar-refractivity contribution in [1.29, 1.82) is 0 Å². The van der Waals surface area contributed by atoms with Crippen molar-refractivity contribution < 1.29 is 4.39 Å². The summed E-state index contributed by atoms with van der Waals surface area (Å²) in [6.45, 7) is 4.13. The molecule has 0 saturated heterocycles. The summed E-state index contributed by atoms with van der Waals surface area (Å²) in [6, 6.07) is 12.7. The van der Waals surface area contributed by atoms with Crippen molar-refractivity contribution >= 4 is 0 Å². The molecule has 0 heterocycles. The largest absolute Gasteiger partial charge is 0.271 e. The molecule has 2 aromatic carbocycles. The fourth-order valence-electron chi connectivity index (χ4n) is 2.39. The van der Waals surface area contributed by atoms with Gasteiger partial charge in [0.05, 0.1) is 6.04 Å². The first-order valence-electron chi connectivity index (χ1n) is 6.39. The number of hydrogen-bond acceptors (Lipinski definition) is 2. The van der Waals surface area contributed by atoms with Gasteiger partial charge < -0.3 is 0 Å². The predicted molar refractivity (Wildman–Crippen MR) is 76.1 cm³/mol. The van der Waals surface area contributed by atoms with Crippen LogP contribution in [0.3, 0.4) is 0 Å². The third-order valence-electron chi connectivity index (χ3n) is 3.53. The minimum absolute atomic E-state index is 0.221. The van der Waals surface area contributed by atoms with Crippen molar-refractivity contribution in [3.05, 3.63) is 70.5 Å². The lowest BCUT2D eigenvalue weighted by molar-refractivity contribution is 0.509. The minimum atomic E-state index is -0.225. The standard InChI is InChI=1S/C16H19FN2/c1-11-6-5-7-12(2)14(11)10-16(19-18)13-8-3-4-9-15(13)17/h3-9,16,19H,10,18H2,1-2H3. The van der Waals surface area contributed by atoms with Crippen molar-refractivity contribution in [3.63, 3.8) is 0 Å². The van der Waals surface area contributed by atoms with Crippen molar-refractivity contribution in [3.8, 4) is 0 Å². The predicted octanol–water partition coefficient (Wildman–Crippen LogP) is 3.19. The van der Waals surface area contributed by atoms with E-state index >= 15 is 0 Å². The number of hydrogen-bond donors (Lipinski definition) is 2. The van der Waals surface area contributed by atoms with Crippen LogP contribution in [-0.2, 0) is 6.42 Å². The molecule has 3 N–H and O–H groups in total. The second-order valence-corrected chi connectivity index (χ2v) is 4.82. The van der Waals surface area contributed by atoms with Gasteiger partial charge in [0.15, 0.2) is 0 Å². The first-order valence-corrected chi connectivity index (χ1v) is 6.39.